The summed E-state index contributed by atoms with van der Waals surface area (Å²) >= 11 is 0. The highest BCUT2D eigenvalue weighted by molar-refractivity contribution is 5.63. The lowest BCUT2D eigenvalue weighted by Crippen LogP contribution is -2.05. The first-order chi connectivity index (χ1) is 10.2. The van der Waals surface area contributed by atoms with E-state index in [4.69, 9.17) is 14.0 Å². The van der Waals surface area contributed by atoms with E-state index in [1.807, 2.05) is 26.0 Å². The molecule has 3 rings (SSSR count). The third kappa shape index (κ3) is 2.96. The molecule has 0 amide bonds. The minimum Gasteiger partial charge on any atom is -0.492 e. The highest BCUT2D eigenvalue weighted by Gasteiger charge is 2.21. The van der Waals surface area contributed by atoms with Crippen LogP contribution < -0.4 is 14.8 Å². The molecule has 0 spiro atoms. The van der Waals surface area contributed by atoms with E-state index in [0.717, 1.165) is 35.1 Å². The second kappa shape index (κ2) is 5.68. The summed E-state index contributed by atoms with van der Waals surface area (Å²) in [5.74, 6) is 2.60. The largest absolute Gasteiger partial charge is 0.492 e. The number of anilines is 1. The van der Waals surface area contributed by atoms with E-state index in [1.165, 1.54) is 5.56 Å². The van der Waals surface area contributed by atoms with E-state index in [2.05, 4.69) is 23.5 Å². The quantitative estimate of drug-likeness (QED) is 0.914. The summed E-state index contributed by atoms with van der Waals surface area (Å²) < 4.78 is 16.6. The van der Waals surface area contributed by atoms with Gasteiger partial charge in [0, 0.05) is 24.1 Å². The molecule has 1 aromatic heterocycles. The van der Waals surface area contributed by atoms with Gasteiger partial charge in [0.25, 0.3) is 0 Å². The molecule has 2 aromatic rings. The Bertz CT molecular complexity index is 636. The van der Waals surface area contributed by atoms with Gasteiger partial charge in [-0.2, -0.15) is 0 Å². The zero-order valence-corrected chi connectivity index (χ0v) is 12.6. The average molecular weight is 288 g/mol. The number of nitrogens with zero attached hydrogens (tertiary/aromatic N) is 1. The molecule has 0 unspecified atom stereocenters. The number of benzene rings is 1. The van der Waals surface area contributed by atoms with Crippen LogP contribution in [0.1, 0.15) is 30.9 Å². The van der Waals surface area contributed by atoms with Gasteiger partial charge in [-0.25, -0.2) is 0 Å². The second-order valence-corrected chi connectivity index (χ2v) is 5.30. The SMILES string of the molecule is CCOc1cc2c(cc1NCc1cc(C)on1)O[C@H](C)C2. The Labute approximate surface area is 124 Å². The standard InChI is InChI=1S/C16H20N2O3/c1-4-19-16-7-12-5-10(2)20-15(12)8-14(16)17-9-13-6-11(3)21-18-13/h6-8,10,17H,4-5,9H2,1-3H3/t10-/m1/s1. The maximum Gasteiger partial charge on any atom is 0.142 e. The predicted octanol–water partition coefficient (Wildman–Crippen LogP) is 3.32. The maximum absolute atomic E-state index is 5.81. The number of aromatic nitrogens is 1. The van der Waals surface area contributed by atoms with Crippen LogP contribution in [0.15, 0.2) is 22.7 Å². The molecule has 0 saturated carbocycles. The van der Waals surface area contributed by atoms with Gasteiger partial charge in [0.1, 0.15) is 29.1 Å². The predicted molar refractivity (Wildman–Crippen MR) is 80.0 cm³/mol. The Morgan fingerprint density at radius 1 is 1.38 bits per heavy atom. The number of nitrogens with one attached hydrogen (secondary N) is 1. The Morgan fingerprint density at radius 3 is 2.95 bits per heavy atom. The van der Waals surface area contributed by atoms with Gasteiger partial charge in [0.2, 0.25) is 0 Å². The Kier molecular flexibility index (Phi) is 3.73. The first-order valence-corrected chi connectivity index (χ1v) is 7.28. The Morgan fingerprint density at radius 2 is 2.24 bits per heavy atom. The lowest BCUT2D eigenvalue weighted by molar-refractivity contribution is 0.254. The van der Waals surface area contributed by atoms with Gasteiger partial charge in [0.15, 0.2) is 0 Å². The molecule has 0 radical (unpaired) electrons. The normalized spacial score (nSPS) is 16.4. The molecule has 1 aromatic carbocycles. The summed E-state index contributed by atoms with van der Waals surface area (Å²) in [5, 5.41) is 7.33. The lowest BCUT2D eigenvalue weighted by atomic mass is 10.1. The van der Waals surface area contributed by atoms with Crippen molar-refractivity contribution in [1.82, 2.24) is 5.16 Å². The summed E-state index contributed by atoms with van der Waals surface area (Å²) in [6, 6.07) is 5.99. The topological polar surface area (TPSA) is 56.5 Å². The highest BCUT2D eigenvalue weighted by Crippen LogP contribution is 2.38. The highest BCUT2D eigenvalue weighted by atomic mass is 16.5. The molecule has 1 aliphatic rings. The van der Waals surface area contributed by atoms with Crippen molar-refractivity contribution in [2.45, 2.75) is 39.8 Å². The number of fused-ring (bicyclic) bond motifs is 1. The van der Waals surface area contributed by atoms with E-state index in [0.29, 0.717) is 13.2 Å². The summed E-state index contributed by atoms with van der Waals surface area (Å²) in [5.41, 5.74) is 2.99. The minimum atomic E-state index is 0.225. The number of hydrogen-bond donors (Lipinski definition) is 1. The smallest absolute Gasteiger partial charge is 0.142 e. The number of rotatable bonds is 5. The van der Waals surface area contributed by atoms with Crippen LogP contribution in [0.2, 0.25) is 0 Å². The summed E-state index contributed by atoms with van der Waals surface area (Å²) in [6.07, 6.45) is 1.15. The van der Waals surface area contributed by atoms with Crippen molar-refractivity contribution >= 4 is 5.69 Å². The lowest BCUT2D eigenvalue weighted by Gasteiger charge is -2.13. The first-order valence-electron chi connectivity index (χ1n) is 7.28. The fourth-order valence-corrected chi connectivity index (χ4v) is 2.54. The maximum atomic E-state index is 5.81. The van der Waals surface area contributed by atoms with Gasteiger partial charge < -0.3 is 19.3 Å². The molecule has 5 heteroatoms. The van der Waals surface area contributed by atoms with E-state index < -0.39 is 0 Å². The van der Waals surface area contributed by atoms with E-state index in [1.54, 1.807) is 0 Å². The monoisotopic (exact) mass is 288 g/mol. The molecule has 1 N–H and O–H groups in total. The van der Waals surface area contributed by atoms with Crippen molar-refractivity contribution in [2.24, 2.45) is 0 Å². The molecule has 2 heterocycles. The zero-order chi connectivity index (χ0) is 14.8. The van der Waals surface area contributed by atoms with Crippen molar-refractivity contribution in [2.75, 3.05) is 11.9 Å². The van der Waals surface area contributed by atoms with Gasteiger partial charge >= 0.3 is 0 Å². The fraction of sp³-hybridized carbons (Fsp3) is 0.438. The number of aryl methyl sites for hydroxylation is 1. The van der Waals surface area contributed by atoms with Crippen LogP contribution >= 0.6 is 0 Å². The summed E-state index contributed by atoms with van der Waals surface area (Å²) in [6.45, 7) is 7.16. The fourth-order valence-electron chi connectivity index (χ4n) is 2.54. The van der Waals surface area contributed by atoms with Crippen molar-refractivity contribution in [3.63, 3.8) is 0 Å². The van der Waals surface area contributed by atoms with Gasteiger partial charge in [-0.3, -0.25) is 0 Å². The minimum absolute atomic E-state index is 0.225. The Balaban J connectivity index is 1.81. The third-order valence-electron chi connectivity index (χ3n) is 3.43. The van der Waals surface area contributed by atoms with Gasteiger partial charge in [0.05, 0.1) is 18.8 Å². The van der Waals surface area contributed by atoms with Crippen LogP contribution in [0.3, 0.4) is 0 Å². The van der Waals surface area contributed by atoms with Gasteiger partial charge in [-0.1, -0.05) is 5.16 Å². The molecule has 0 aliphatic carbocycles. The zero-order valence-electron chi connectivity index (χ0n) is 12.6. The number of ether oxygens (including phenoxy) is 2. The average Bonchev–Trinajstić information content (AvgIpc) is 3.01. The van der Waals surface area contributed by atoms with Crippen LogP contribution in [0.5, 0.6) is 11.5 Å². The first kappa shape index (κ1) is 13.8. The molecular weight excluding hydrogens is 268 g/mol. The van der Waals surface area contributed by atoms with Crippen LogP contribution in [0, 0.1) is 6.92 Å². The van der Waals surface area contributed by atoms with Crippen molar-refractivity contribution in [1.29, 1.82) is 0 Å². The summed E-state index contributed by atoms with van der Waals surface area (Å²) in [4.78, 5) is 0. The molecular formula is C16H20N2O3. The molecule has 5 nitrogen and oxygen atoms in total. The molecule has 0 bridgehead atoms. The van der Waals surface area contributed by atoms with E-state index in [9.17, 15) is 0 Å². The van der Waals surface area contributed by atoms with Crippen LogP contribution in [0.4, 0.5) is 5.69 Å². The van der Waals surface area contributed by atoms with Crippen molar-refractivity contribution < 1.29 is 14.0 Å². The van der Waals surface area contributed by atoms with Gasteiger partial charge in [-0.15, -0.1) is 0 Å². The second-order valence-electron chi connectivity index (χ2n) is 5.30. The third-order valence-corrected chi connectivity index (χ3v) is 3.43. The molecule has 0 fully saturated rings. The van der Waals surface area contributed by atoms with Crippen LogP contribution in [-0.2, 0) is 13.0 Å². The van der Waals surface area contributed by atoms with Crippen LogP contribution in [0.25, 0.3) is 0 Å². The van der Waals surface area contributed by atoms with E-state index >= 15 is 0 Å². The van der Waals surface area contributed by atoms with Crippen LogP contribution in [-0.4, -0.2) is 17.9 Å². The van der Waals surface area contributed by atoms with Gasteiger partial charge in [-0.05, 0) is 26.8 Å². The molecule has 112 valence electrons. The summed E-state index contributed by atoms with van der Waals surface area (Å²) in [7, 11) is 0. The van der Waals surface area contributed by atoms with Crippen molar-refractivity contribution in [3.05, 3.63) is 35.2 Å². The molecule has 0 saturated heterocycles. The Hall–Kier alpha value is -2.17. The van der Waals surface area contributed by atoms with E-state index in [-0.39, 0.29) is 6.10 Å². The van der Waals surface area contributed by atoms with Crippen molar-refractivity contribution in [3.8, 4) is 11.5 Å². The molecule has 1 aliphatic heterocycles. The molecule has 21 heavy (non-hydrogen) atoms. The molecule has 1 atom stereocenters. The number of hydrogen-bond acceptors (Lipinski definition) is 5.